The average molecular weight is 1360 g/mol. The molecule has 3 aliphatic rings. The van der Waals surface area contributed by atoms with Crippen molar-refractivity contribution >= 4 is 65.1 Å². The Morgan fingerprint density at radius 1 is 0.656 bits per heavy atom. The normalized spacial score (nSPS) is 23.4. The van der Waals surface area contributed by atoms with E-state index in [1.807, 2.05) is 11.8 Å². The Kier molecular flexibility index (Phi) is 32.1. The summed E-state index contributed by atoms with van der Waals surface area (Å²) >= 11 is 1.87. The van der Waals surface area contributed by atoms with Crippen molar-refractivity contribution in [1.29, 1.82) is 0 Å². The first-order chi connectivity index (χ1) is 46.5. The van der Waals surface area contributed by atoms with Gasteiger partial charge in [-0.1, -0.05) is 61.0 Å². The van der Waals surface area contributed by atoms with Gasteiger partial charge in [0, 0.05) is 88.3 Å². The molecule has 2 saturated heterocycles. The van der Waals surface area contributed by atoms with Crippen LogP contribution in [0.4, 0.5) is 4.79 Å². The number of urea groups is 1. The third kappa shape index (κ3) is 26.1. The van der Waals surface area contributed by atoms with Crippen LogP contribution >= 0.6 is 11.8 Å². The lowest BCUT2D eigenvalue weighted by Gasteiger charge is -2.28. The monoisotopic (exact) mass is 1360 g/mol. The third-order valence-electron chi connectivity index (χ3n) is 16.6. The molecular formula is C65H97N17O13S. The number of carbonyl (C=O) groups excluding carboxylic acids is 9. The zero-order valence-electron chi connectivity index (χ0n) is 54.7. The van der Waals surface area contributed by atoms with Crippen LogP contribution in [-0.4, -0.2) is 208 Å². The van der Waals surface area contributed by atoms with Crippen LogP contribution < -0.4 is 64.6 Å². The zero-order valence-corrected chi connectivity index (χ0v) is 55.5. The van der Waals surface area contributed by atoms with Crippen molar-refractivity contribution in [2.45, 2.75) is 182 Å². The molecule has 4 aromatic rings. The van der Waals surface area contributed by atoms with Crippen molar-refractivity contribution < 1.29 is 62.5 Å². The van der Waals surface area contributed by atoms with Crippen LogP contribution in [-0.2, 0) is 84.8 Å². The number of rotatable bonds is 31. The number of imidazole rings is 1. The van der Waals surface area contributed by atoms with Crippen LogP contribution in [0.1, 0.15) is 113 Å². The predicted molar refractivity (Wildman–Crippen MR) is 356 cm³/mol. The van der Waals surface area contributed by atoms with E-state index < -0.39 is 83.6 Å². The molecule has 7 rings (SSSR count). The van der Waals surface area contributed by atoms with Crippen molar-refractivity contribution in [3.63, 3.8) is 0 Å². The Morgan fingerprint density at radius 2 is 1.26 bits per heavy atom. The van der Waals surface area contributed by atoms with E-state index in [2.05, 4.69) is 73.4 Å². The Morgan fingerprint density at radius 3 is 1.94 bits per heavy atom. The summed E-state index contributed by atoms with van der Waals surface area (Å²) in [5, 5.41) is 47.6. The summed E-state index contributed by atoms with van der Waals surface area (Å²) in [6.45, 7) is 5.16. The first kappa shape index (κ1) is 75.2. The minimum absolute atomic E-state index is 0.0102. The second kappa shape index (κ2) is 41.0. The van der Waals surface area contributed by atoms with Crippen molar-refractivity contribution in [2.24, 2.45) is 11.5 Å². The molecule has 0 unspecified atom stereocenters. The molecule has 96 heavy (non-hydrogen) atoms. The molecule has 3 aliphatic heterocycles. The predicted octanol–water partition coefficient (Wildman–Crippen LogP) is -0.275. The number of aromatic nitrogens is 5. The Labute approximate surface area is 563 Å². The van der Waals surface area contributed by atoms with Gasteiger partial charge in [-0.3, -0.25) is 43.0 Å². The highest BCUT2D eigenvalue weighted by Gasteiger charge is 2.43. The second-order valence-electron chi connectivity index (χ2n) is 24.2. The fourth-order valence-electron chi connectivity index (χ4n) is 11.3. The number of nitrogens with one attached hydrogen (secondary N) is 11. The summed E-state index contributed by atoms with van der Waals surface area (Å²) in [4.78, 5) is 131. The van der Waals surface area contributed by atoms with Crippen LogP contribution in [0.3, 0.4) is 0 Å². The number of benzene rings is 2. The highest BCUT2D eigenvalue weighted by atomic mass is 32.2. The average Bonchev–Trinajstić information content (AvgIpc) is 1.67. The quantitative estimate of drug-likeness (QED) is 0.0228. The van der Waals surface area contributed by atoms with E-state index in [0.29, 0.717) is 125 Å². The van der Waals surface area contributed by atoms with Crippen LogP contribution in [0.5, 0.6) is 5.75 Å². The highest BCUT2D eigenvalue weighted by molar-refractivity contribution is 8.00. The van der Waals surface area contributed by atoms with Crippen molar-refractivity contribution in [1.82, 2.24) is 78.1 Å². The number of carbonyl (C=O) groups is 9. The first-order valence-electron chi connectivity index (χ1n) is 33.5. The fourth-order valence-corrected chi connectivity index (χ4v) is 12.8. The molecule has 2 aromatic heterocycles. The minimum Gasteiger partial charge on any atom is -0.508 e. The molecule has 2 bridgehead atoms. The molecule has 0 radical (unpaired) electrons. The summed E-state index contributed by atoms with van der Waals surface area (Å²) in [7, 11) is 0. The van der Waals surface area contributed by atoms with Gasteiger partial charge in [0.15, 0.2) is 0 Å². The molecule has 0 saturated carbocycles. The standard InChI is InChI=1S/C65H97N17O13S/c1-2-48-60(87)77-53(37-44-38-68-41-71-44)64(91)73-49(59(86)70-26-13-29-94-31-33-95-32-30-93-28-12-25-69-56(84)19-7-6-18-55-57-54(40-96-55)78-65(92)79-57)17-9-11-27-82-39-45(80-81-82)36-47(67)58(85)75-51(34-42-14-4-3-5-15-42)63(90)76-52(35-43-20-22-46(83)23-21-43)62(89)74-50(61(88)72-48)16-8-10-24-66/h3-5,14-15,20-23,38-39,41,47-55,57,83H,2,6-13,16-19,24-37,40,66-67H2,1H3,(H,68,71)(H,69,84)(H,70,86)(H,72,88)(H,73,91)(H,74,89)(H,75,85)(H,76,90)(H,77,87)(H2,78,79,92)/t47-,48-,49-,50-,51-,52-,53-,54+,55+,57+/m0/s1. The van der Waals surface area contributed by atoms with Crippen molar-refractivity contribution in [2.75, 3.05) is 65.0 Å². The number of H-pyrrole nitrogens is 1. The number of aromatic amines is 1. The van der Waals surface area contributed by atoms with Gasteiger partial charge in [0.1, 0.15) is 42.0 Å². The van der Waals surface area contributed by atoms with Gasteiger partial charge in [0.2, 0.25) is 47.3 Å². The molecule has 5 heterocycles. The lowest BCUT2D eigenvalue weighted by Crippen LogP contribution is -2.60. The van der Waals surface area contributed by atoms with Crippen molar-refractivity contribution in [3.8, 4) is 5.75 Å². The van der Waals surface area contributed by atoms with Crippen LogP contribution in [0.15, 0.2) is 73.3 Å². The number of amides is 10. The summed E-state index contributed by atoms with van der Waals surface area (Å²) in [6, 6.07) is 6.61. The number of phenols is 1. The van der Waals surface area contributed by atoms with Gasteiger partial charge in [-0.2, -0.15) is 11.8 Å². The van der Waals surface area contributed by atoms with E-state index in [1.54, 1.807) is 66.5 Å². The number of thioether (sulfide) groups is 1. The lowest BCUT2D eigenvalue weighted by atomic mass is 10.0. The molecule has 16 N–H and O–H groups in total. The highest BCUT2D eigenvalue weighted by Crippen LogP contribution is 2.33. The lowest BCUT2D eigenvalue weighted by molar-refractivity contribution is -0.135. The minimum atomic E-state index is -1.35. The van der Waals surface area contributed by atoms with Crippen LogP contribution in [0.2, 0.25) is 0 Å². The molecule has 10 amide bonds. The van der Waals surface area contributed by atoms with Gasteiger partial charge in [0.05, 0.1) is 62.3 Å². The van der Waals surface area contributed by atoms with Gasteiger partial charge >= 0.3 is 6.03 Å². The van der Waals surface area contributed by atoms with Gasteiger partial charge in [0.25, 0.3) is 0 Å². The maximum atomic E-state index is 14.6. The fraction of sp³-hybridized carbons (Fsp3) is 0.600. The summed E-state index contributed by atoms with van der Waals surface area (Å²) in [5.41, 5.74) is 14.4. The summed E-state index contributed by atoms with van der Waals surface area (Å²) in [5.74, 6) is -3.90. The van der Waals surface area contributed by atoms with Gasteiger partial charge in [-0.05, 0) is 100 Å². The number of aromatic hydroxyl groups is 1. The van der Waals surface area contributed by atoms with E-state index in [0.717, 1.165) is 25.0 Å². The number of hydrogen-bond acceptors (Lipinski definition) is 19. The van der Waals surface area contributed by atoms with E-state index in [9.17, 15) is 48.3 Å². The third-order valence-corrected chi connectivity index (χ3v) is 18.1. The van der Waals surface area contributed by atoms with E-state index in [4.69, 9.17) is 25.7 Å². The number of nitrogens with two attached hydrogens (primary N) is 2. The number of fused-ring (bicyclic) bond motifs is 3. The maximum Gasteiger partial charge on any atom is 0.315 e. The molecule has 0 aliphatic carbocycles. The number of hydrogen-bond donors (Lipinski definition) is 14. The number of phenolic OH excluding ortho intramolecular Hbond substituents is 1. The second-order valence-corrected chi connectivity index (χ2v) is 25.5. The molecular weight excluding hydrogens is 1260 g/mol. The molecule has 2 aromatic carbocycles. The smallest absolute Gasteiger partial charge is 0.315 e. The SMILES string of the molecule is CC[C@@H]1NC(=O)[C@H](CCCCN)NC(=O)[C@H](Cc2ccc(O)cc2)NC(=O)[C@H](Cc2ccccc2)NC(=O)[C@@H](N)Cc2cn(nn2)CCCC[C@@H](C(=O)NCCCOCCOCCOCCCNC(=O)CCCC[C@H]2SC[C@H]3NC(=O)N[C@H]32)NC(=O)[C@H](Cc2c[nH]cn2)NC1=O. The Bertz CT molecular complexity index is 3070. The molecule has 10 atom stereocenters. The topological polar surface area (TPSA) is 433 Å². The molecule has 0 spiro atoms. The zero-order chi connectivity index (χ0) is 68.4. The largest absolute Gasteiger partial charge is 0.508 e. The first-order valence-corrected chi connectivity index (χ1v) is 34.5. The van der Waals surface area contributed by atoms with Gasteiger partial charge in [-0.15, -0.1) is 5.10 Å². The summed E-state index contributed by atoms with van der Waals surface area (Å²) < 4.78 is 18.6. The number of ether oxygens (including phenoxy) is 3. The number of unbranched alkanes of at least 4 members (excludes halogenated alkanes) is 2. The Balaban J connectivity index is 0.940. The molecule has 526 valence electrons. The molecule has 2 fully saturated rings. The van der Waals surface area contributed by atoms with Crippen molar-refractivity contribution in [3.05, 3.63) is 95.8 Å². The van der Waals surface area contributed by atoms with Crippen LogP contribution in [0.25, 0.3) is 0 Å². The number of nitrogens with zero attached hydrogens (tertiary/aromatic N) is 4. The van der Waals surface area contributed by atoms with Gasteiger partial charge in [-0.25, -0.2) is 9.78 Å². The van der Waals surface area contributed by atoms with Crippen LogP contribution in [0, 0.1) is 0 Å². The maximum absolute atomic E-state index is 14.6. The number of aryl methyl sites for hydroxylation is 1. The molecule has 30 nitrogen and oxygen atoms in total. The summed E-state index contributed by atoms with van der Waals surface area (Å²) in [6.07, 6.45) is 10.7. The van der Waals surface area contributed by atoms with Gasteiger partial charge < -0.3 is 88.9 Å². The Hall–Kier alpha value is -8.23. The van der Waals surface area contributed by atoms with E-state index in [-0.39, 0.29) is 87.8 Å². The molecule has 31 heteroatoms. The van der Waals surface area contributed by atoms with E-state index >= 15 is 0 Å². The van der Waals surface area contributed by atoms with E-state index in [1.165, 1.54) is 18.5 Å².